The van der Waals surface area contributed by atoms with Crippen LogP contribution in [0.25, 0.3) is 0 Å². The highest BCUT2D eigenvalue weighted by Crippen LogP contribution is 2.10. The smallest absolute Gasteiger partial charge is 0.107 e. The molecular formula is C10H19N3S. The van der Waals surface area contributed by atoms with Crippen molar-refractivity contribution in [1.82, 2.24) is 15.2 Å². The van der Waals surface area contributed by atoms with Crippen molar-refractivity contribution in [3.05, 3.63) is 16.1 Å². The minimum Gasteiger partial charge on any atom is -0.309 e. The van der Waals surface area contributed by atoms with Crippen molar-refractivity contribution in [2.75, 3.05) is 14.1 Å². The summed E-state index contributed by atoms with van der Waals surface area (Å²) in [6.07, 6.45) is 0. The Bertz CT molecular complexity index is 268. The van der Waals surface area contributed by atoms with Crippen molar-refractivity contribution < 1.29 is 0 Å². The monoisotopic (exact) mass is 213 g/mol. The van der Waals surface area contributed by atoms with Crippen LogP contribution in [0.1, 0.15) is 24.5 Å². The molecule has 0 saturated heterocycles. The summed E-state index contributed by atoms with van der Waals surface area (Å²) in [6.45, 7) is 6.11. The molecule has 0 aliphatic carbocycles. The maximum Gasteiger partial charge on any atom is 0.107 e. The Balaban J connectivity index is 2.42. The topological polar surface area (TPSA) is 28.2 Å². The van der Waals surface area contributed by atoms with Crippen LogP contribution >= 0.6 is 11.3 Å². The van der Waals surface area contributed by atoms with E-state index in [1.54, 1.807) is 11.3 Å². The van der Waals surface area contributed by atoms with Crippen molar-refractivity contribution in [2.45, 2.75) is 33.0 Å². The van der Waals surface area contributed by atoms with E-state index < -0.39 is 0 Å². The van der Waals surface area contributed by atoms with Gasteiger partial charge >= 0.3 is 0 Å². The van der Waals surface area contributed by atoms with E-state index in [0.29, 0.717) is 6.04 Å². The number of hydrogen-bond donors (Lipinski definition) is 1. The maximum atomic E-state index is 4.54. The lowest BCUT2D eigenvalue weighted by Crippen LogP contribution is -2.22. The van der Waals surface area contributed by atoms with Crippen LogP contribution in [0.3, 0.4) is 0 Å². The van der Waals surface area contributed by atoms with Gasteiger partial charge in [0.1, 0.15) is 5.01 Å². The predicted octanol–water partition coefficient (Wildman–Crippen LogP) is 1.70. The summed E-state index contributed by atoms with van der Waals surface area (Å²) in [5, 5.41) is 6.68. The number of thiazole rings is 1. The molecule has 3 nitrogen and oxygen atoms in total. The summed E-state index contributed by atoms with van der Waals surface area (Å²) in [5.74, 6) is 0. The van der Waals surface area contributed by atoms with E-state index in [9.17, 15) is 0 Å². The van der Waals surface area contributed by atoms with E-state index >= 15 is 0 Å². The normalized spacial score (nSPS) is 11.6. The minimum atomic E-state index is 0.522. The molecule has 1 N–H and O–H groups in total. The van der Waals surface area contributed by atoms with Gasteiger partial charge in [0.15, 0.2) is 0 Å². The third-order valence-corrected chi connectivity index (χ3v) is 2.62. The Hall–Kier alpha value is -0.450. The van der Waals surface area contributed by atoms with Crippen molar-refractivity contribution in [3.8, 4) is 0 Å². The first-order valence-electron chi connectivity index (χ1n) is 4.89. The van der Waals surface area contributed by atoms with Gasteiger partial charge in [-0.05, 0) is 14.1 Å². The zero-order valence-electron chi connectivity index (χ0n) is 9.37. The third kappa shape index (κ3) is 4.17. The third-order valence-electron chi connectivity index (χ3n) is 1.74. The van der Waals surface area contributed by atoms with Gasteiger partial charge < -0.3 is 10.2 Å². The molecule has 0 aliphatic heterocycles. The molecule has 0 atom stereocenters. The molecule has 1 heterocycles. The molecule has 1 aromatic rings. The van der Waals surface area contributed by atoms with E-state index in [2.05, 4.69) is 48.5 Å². The van der Waals surface area contributed by atoms with E-state index in [1.165, 1.54) is 5.01 Å². The Morgan fingerprint density at radius 1 is 1.50 bits per heavy atom. The first kappa shape index (κ1) is 11.6. The van der Waals surface area contributed by atoms with Crippen LogP contribution in [0.4, 0.5) is 0 Å². The first-order chi connectivity index (χ1) is 6.58. The van der Waals surface area contributed by atoms with Gasteiger partial charge in [-0.25, -0.2) is 4.98 Å². The summed E-state index contributed by atoms with van der Waals surface area (Å²) in [5.41, 5.74) is 1.15. The molecule has 1 aromatic heterocycles. The second kappa shape index (κ2) is 5.44. The minimum absolute atomic E-state index is 0.522. The second-order valence-electron chi connectivity index (χ2n) is 4.01. The maximum absolute atomic E-state index is 4.54. The SMILES string of the molecule is CC(C)NCc1csc(CN(C)C)n1. The zero-order valence-corrected chi connectivity index (χ0v) is 10.2. The van der Waals surface area contributed by atoms with Gasteiger partial charge in [-0.1, -0.05) is 13.8 Å². The summed E-state index contributed by atoms with van der Waals surface area (Å²) in [4.78, 5) is 6.67. The number of hydrogen-bond acceptors (Lipinski definition) is 4. The van der Waals surface area contributed by atoms with E-state index in [4.69, 9.17) is 0 Å². The fourth-order valence-corrected chi connectivity index (χ4v) is 1.99. The fourth-order valence-electron chi connectivity index (χ4n) is 1.08. The summed E-state index contributed by atoms with van der Waals surface area (Å²) in [7, 11) is 4.13. The van der Waals surface area contributed by atoms with Gasteiger partial charge in [0.05, 0.1) is 5.69 Å². The van der Waals surface area contributed by atoms with E-state index in [1.807, 2.05) is 0 Å². The number of nitrogens with one attached hydrogen (secondary N) is 1. The lowest BCUT2D eigenvalue weighted by molar-refractivity contribution is 0.401. The van der Waals surface area contributed by atoms with Gasteiger partial charge in [0.2, 0.25) is 0 Å². The Morgan fingerprint density at radius 2 is 2.21 bits per heavy atom. The molecule has 0 spiro atoms. The number of aromatic nitrogens is 1. The molecule has 14 heavy (non-hydrogen) atoms. The lowest BCUT2D eigenvalue weighted by atomic mass is 10.4. The quantitative estimate of drug-likeness (QED) is 0.807. The summed E-state index contributed by atoms with van der Waals surface area (Å²) in [6, 6.07) is 0.522. The zero-order chi connectivity index (χ0) is 10.6. The van der Waals surface area contributed by atoms with Crippen LogP contribution < -0.4 is 5.32 Å². The van der Waals surface area contributed by atoms with Crippen LogP contribution in [0.2, 0.25) is 0 Å². The molecule has 4 heteroatoms. The largest absolute Gasteiger partial charge is 0.309 e. The Morgan fingerprint density at radius 3 is 2.79 bits per heavy atom. The average molecular weight is 213 g/mol. The molecule has 0 unspecified atom stereocenters. The van der Waals surface area contributed by atoms with Crippen LogP contribution in [-0.4, -0.2) is 30.0 Å². The molecule has 0 saturated carbocycles. The van der Waals surface area contributed by atoms with Gasteiger partial charge in [-0.2, -0.15) is 0 Å². The highest BCUT2D eigenvalue weighted by molar-refractivity contribution is 7.09. The molecule has 1 rings (SSSR count). The van der Waals surface area contributed by atoms with Crippen molar-refractivity contribution >= 4 is 11.3 Å². The molecule has 0 aliphatic rings. The number of nitrogens with zero attached hydrogens (tertiary/aromatic N) is 2. The number of rotatable bonds is 5. The molecule has 0 bridgehead atoms. The van der Waals surface area contributed by atoms with Crippen molar-refractivity contribution in [3.63, 3.8) is 0 Å². The van der Waals surface area contributed by atoms with E-state index in [-0.39, 0.29) is 0 Å². The molecule has 0 radical (unpaired) electrons. The lowest BCUT2D eigenvalue weighted by Gasteiger charge is -2.06. The molecular weight excluding hydrogens is 194 g/mol. The highest BCUT2D eigenvalue weighted by atomic mass is 32.1. The van der Waals surface area contributed by atoms with Gasteiger partial charge in [-0.3, -0.25) is 0 Å². The van der Waals surface area contributed by atoms with Gasteiger partial charge in [0, 0.05) is 24.5 Å². The standard InChI is InChI=1S/C10H19N3S/c1-8(2)11-5-9-7-14-10(12-9)6-13(3)4/h7-8,11H,5-6H2,1-4H3. The fraction of sp³-hybridized carbons (Fsp3) is 0.700. The van der Waals surface area contributed by atoms with E-state index in [0.717, 1.165) is 18.8 Å². The predicted molar refractivity (Wildman–Crippen MR) is 61.5 cm³/mol. The summed E-state index contributed by atoms with van der Waals surface area (Å²) >= 11 is 1.74. The summed E-state index contributed by atoms with van der Waals surface area (Å²) < 4.78 is 0. The van der Waals surface area contributed by atoms with Gasteiger partial charge in [-0.15, -0.1) is 11.3 Å². The second-order valence-corrected chi connectivity index (χ2v) is 4.95. The van der Waals surface area contributed by atoms with Crippen LogP contribution in [0.5, 0.6) is 0 Å². The van der Waals surface area contributed by atoms with Gasteiger partial charge in [0.25, 0.3) is 0 Å². The van der Waals surface area contributed by atoms with Crippen LogP contribution in [0, 0.1) is 0 Å². The molecule has 0 amide bonds. The van der Waals surface area contributed by atoms with Crippen LogP contribution in [0.15, 0.2) is 5.38 Å². The Kier molecular flexibility index (Phi) is 4.51. The highest BCUT2D eigenvalue weighted by Gasteiger charge is 2.03. The Labute approximate surface area is 90.2 Å². The van der Waals surface area contributed by atoms with Crippen LogP contribution in [-0.2, 0) is 13.1 Å². The molecule has 0 fully saturated rings. The average Bonchev–Trinajstić information content (AvgIpc) is 2.47. The first-order valence-corrected chi connectivity index (χ1v) is 5.77. The molecule has 0 aromatic carbocycles. The van der Waals surface area contributed by atoms with Crippen molar-refractivity contribution in [1.29, 1.82) is 0 Å². The van der Waals surface area contributed by atoms with Crippen molar-refractivity contribution in [2.24, 2.45) is 0 Å². The molecule has 80 valence electrons.